The number of furan rings is 1. The second-order valence-corrected chi connectivity index (χ2v) is 13.7. The van der Waals surface area contributed by atoms with E-state index in [1.54, 1.807) is 0 Å². The fraction of sp³-hybridized carbons (Fsp3) is 0. The molecule has 2 heteroatoms. The maximum atomic E-state index is 6.81. The van der Waals surface area contributed by atoms with Crippen LogP contribution in [0.2, 0.25) is 0 Å². The molecule has 0 aliphatic carbocycles. The van der Waals surface area contributed by atoms with Gasteiger partial charge in [0.25, 0.3) is 0 Å². The van der Waals surface area contributed by atoms with Crippen LogP contribution in [0.25, 0.3) is 77.2 Å². The monoisotopic (exact) mass is 689 g/mol. The lowest BCUT2D eigenvalue weighted by Crippen LogP contribution is -2.09. The predicted octanol–water partition coefficient (Wildman–Crippen LogP) is 14.9. The summed E-state index contributed by atoms with van der Waals surface area (Å²) in [7, 11) is 0. The number of para-hydroxylation sites is 2. The Hall–Kier alpha value is -7.16. The second-order valence-electron chi connectivity index (χ2n) is 13.7. The quantitative estimate of drug-likeness (QED) is 0.166. The lowest BCUT2D eigenvalue weighted by Gasteiger charge is -2.25. The van der Waals surface area contributed by atoms with Crippen molar-refractivity contribution in [3.63, 3.8) is 0 Å². The van der Waals surface area contributed by atoms with E-state index in [-0.39, 0.29) is 0 Å². The summed E-state index contributed by atoms with van der Waals surface area (Å²) in [6.45, 7) is 0. The van der Waals surface area contributed by atoms with Crippen molar-refractivity contribution in [1.29, 1.82) is 0 Å². The van der Waals surface area contributed by atoms with Crippen molar-refractivity contribution < 1.29 is 4.42 Å². The largest absolute Gasteiger partial charge is 0.455 e. The van der Waals surface area contributed by atoms with Crippen molar-refractivity contribution in [3.8, 4) is 44.5 Å². The summed E-state index contributed by atoms with van der Waals surface area (Å²) in [6.07, 6.45) is 0. The normalized spacial score (nSPS) is 11.3. The fourth-order valence-electron chi connectivity index (χ4n) is 7.86. The zero-order valence-electron chi connectivity index (χ0n) is 29.6. The van der Waals surface area contributed by atoms with Crippen LogP contribution in [0.15, 0.2) is 217 Å². The molecule has 0 bridgehead atoms. The summed E-state index contributed by atoms with van der Waals surface area (Å²) in [5.41, 5.74) is 14.5. The van der Waals surface area contributed by atoms with Crippen LogP contribution in [-0.4, -0.2) is 0 Å². The minimum atomic E-state index is 0.890. The first kappa shape index (κ1) is 31.6. The molecule has 0 fully saturated rings. The number of anilines is 3. The van der Waals surface area contributed by atoms with Crippen LogP contribution in [0.1, 0.15) is 0 Å². The molecule has 0 unspecified atom stereocenters. The van der Waals surface area contributed by atoms with Gasteiger partial charge in [-0.2, -0.15) is 0 Å². The van der Waals surface area contributed by atoms with Gasteiger partial charge in [0.05, 0.1) is 0 Å². The van der Waals surface area contributed by atoms with Crippen LogP contribution < -0.4 is 4.90 Å². The van der Waals surface area contributed by atoms with Gasteiger partial charge in [-0.15, -0.1) is 0 Å². The second kappa shape index (κ2) is 13.4. The Labute approximate surface area is 314 Å². The van der Waals surface area contributed by atoms with E-state index in [1.807, 2.05) is 0 Å². The van der Waals surface area contributed by atoms with Crippen molar-refractivity contribution in [3.05, 3.63) is 212 Å². The maximum Gasteiger partial charge on any atom is 0.143 e. The van der Waals surface area contributed by atoms with Crippen molar-refractivity contribution in [2.24, 2.45) is 0 Å². The number of hydrogen-bond acceptors (Lipinski definition) is 2. The summed E-state index contributed by atoms with van der Waals surface area (Å²) in [5.74, 6) is 0. The van der Waals surface area contributed by atoms with E-state index in [1.165, 1.54) is 33.0 Å². The Morgan fingerprint density at radius 2 is 0.815 bits per heavy atom. The minimum absolute atomic E-state index is 0.890. The average molecular weight is 690 g/mol. The van der Waals surface area contributed by atoms with Gasteiger partial charge in [-0.1, -0.05) is 164 Å². The van der Waals surface area contributed by atoms with Gasteiger partial charge >= 0.3 is 0 Å². The Kier molecular flexibility index (Phi) is 7.85. The molecule has 54 heavy (non-hydrogen) atoms. The molecule has 10 rings (SSSR count). The molecule has 10 aromatic rings. The number of benzene rings is 9. The van der Waals surface area contributed by atoms with Crippen LogP contribution in [0.3, 0.4) is 0 Å². The van der Waals surface area contributed by atoms with Crippen molar-refractivity contribution in [1.82, 2.24) is 0 Å². The van der Waals surface area contributed by atoms with Gasteiger partial charge in [0.15, 0.2) is 0 Å². The smallest absolute Gasteiger partial charge is 0.143 e. The van der Waals surface area contributed by atoms with E-state index in [2.05, 4.69) is 217 Å². The van der Waals surface area contributed by atoms with E-state index in [9.17, 15) is 0 Å². The van der Waals surface area contributed by atoms with Gasteiger partial charge < -0.3 is 9.32 Å². The van der Waals surface area contributed by atoms with E-state index < -0.39 is 0 Å². The molecule has 0 atom stereocenters. The summed E-state index contributed by atoms with van der Waals surface area (Å²) < 4.78 is 6.81. The first-order chi connectivity index (χ1) is 26.8. The zero-order chi connectivity index (χ0) is 35.8. The van der Waals surface area contributed by atoms with Gasteiger partial charge in [-0.3, -0.25) is 0 Å². The topological polar surface area (TPSA) is 16.4 Å². The fourth-order valence-corrected chi connectivity index (χ4v) is 7.86. The molecule has 1 aromatic heterocycles. The van der Waals surface area contributed by atoms with Crippen molar-refractivity contribution in [2.45, 2.75) is 0 Å². The highest BCUT2D eigenvalue weighted by Gasteiger charge is 2.19. The van der Waals surface area contributed by atoms with Crippen LogP contribution in [0.5, 0.6) is 0 Å². The van der Waals surface area contributed by atoms with Gasteiger partial charge in [-0.25, -0.2) is 0 Å². The van der Waals surface area contributed by atoms with E-state index in [0.29, 0.717) is 0 Å². The molecule has 9 aromatic carbocycles. The molecule has 0 spiro atoms. The highest BCUT2D eigenvalue weighted by Crippen LogP contribution is 2.44. The first-order valence-electron chi connectivity index (χ1n) is 18.4. The van der Waals surface area contributed by atoms with Gasteiger partial charge in [0.1, 0.15) is 11.2 Å². The highest BCUT2D eigenvalue weighted by molar-refractivity contribution is 6.21. The summed E-state index contributed by atoms with van der Waals surface area (Å²) >= 11 is 0. The highest BCUT2D eigenvalue weighted by atomic mass is 16.3. The zero-order valence-corrected chi connectivity index (χ0v) is 29.6. The molecule has 0 saturated carbocycles. The molecule has 0 aliphatic rings. The standard InChI is InChI=1S/C52H35NO/c1-4-13-36(14-5-1)37-25-29-41(30-26-37)50-47-20-11-10-15-42(47)35-48-51-46(21-12-22-49(51)54-52(48)50)40-27-23-38(24-28-40)39-31-33-45(34-32-39)53(43-16-6-2-7-17-43)44-18-8-3-9-19-44/h1-35H. The van der Waals surface area contributed by atoms with E-state index >= 15 is 0 Å². The van der Waals surface area contributed by atoms with Gasteiger partial charge in [0, 0.05) is 33.4 Å². The van der Waals surface area contributed by atoms with Crippen molar-refractivity contribution in [2.75, 3.05) is 4.90 Å². The van der Waals surface area contributed by atoms with Crippen LogP contribution in [0.4, 0.5) is 17.1 Å². The van der Waals surface area contributed by atoms with Crippen LogP contribution in [-0.2, 0) is 0 Å². The summed E-state index contributed by atoms with van der Waals surface area (Å²) in [5, 5.41) is 4.65. The molecule has 0 N–H and O–H groups in total. The van der Waals surface area contributed by atoms with Crippen LogP contribution in [0, 0.1) is 0 Å². The minimum Gasteiger partial charge on any atom is -0.455 e. The number of nitrogens with zero attached hydrogens (tertiary/aromatic N) is 1. The third-order valence-corrected chi connectivity index (χ3v) is 10.5. The molecule has 0 amide bonds. The van der Waals surface area contributed by atoms with Gasteiger partial charge in [0.2, 0.25) is 0 Å². The SMILES string of the molecule is c1ccc(-c2ccc(-c3c4ccccc4cc4c3oc3cccc(-c5ccc(-c6ccc(N(c7ccccc7)c7ccccc7)cc6)cc5)c34)cc2)cc1. The Balaban J connectivity index is 1.03. The number of rotatable bonds is 7. The lowest BCUT2D eigenvalue weighted by molar-refractivity contribution is 0.670. The Morgan fingerprint density at radius 3 is 1.44 bits per heavy atom. The molecule has 0 aliphatic heterocycles. The van der Waals surface area contributed by atoms with E-state index in [0.717, 1.165) is 61.3 Å². The molecule has 2 nitrogen and oxygen atoms in total. The van der Waals surface area contributed by atoms with Gasteiger partial charge in [-0.05, 0) is 98.2 Å². The molecule has 0 saturated heterocycles. The molecular weight excluding hydrogens is 655 g/mol. The molecule has 1 heterocycles. The molecule has 0 radical (unpaired) electrons. The maximum absolute atomic E-state index is 6.81. The number of fused-ring (bicyclic) bond motifs is 4. The van der Waals surface area contributed by atoms with E-state index in [4.69, 9.17) is 4.42 Å². The number of hydrogen-bond donors (Lipinski definition) is 0. The third-order valence-electron chi connectivity index (χ3n) is 10.5. The summed E-state index contributed by atoms with van der Waals surface area (Å²) in [6, 6.07) is 75.6. The first-order valence-corrected chi connectivity index (χ1v) is 18.4. The third kappa shape index (κ3) is 5.62. The Bertz CT molecular complexity index is 2840. The molecular formula is C52H35NO. The molecule has 254 valence electrons. The lowest BCUT2D eigenvalue weighted by atomic mass is 9.92. The van der Waals surface area contributed by atoms with Crippen molar-refractivity contribution >= 4 is 49.8 Å². The summed E-state index contributed by atoms with van der Waals surface area (Å²) in [4.78, 5) is 2.29. The van der Waals surface area contributed by atoms with Crippen LogP contribution >= 0.6 is 0 Å². The predicted molar refractivity (Wildman–Crippen MR) is 228 cm³/mol. The average Bonchev–Trinajstić information content (AvgIpc) is 3.63. The Morgan fingerprint density at radius 1 is 0.333 bits per heavy atom.